The van der Waals surface area contributed by atoms with Crippen LogP contribution in [0.15, 0.2) is 0 Å². The third-order valence-corrected chi connectivity index (χ3v) is 3.59. The average Bonchev–Trinajstić information content (AvgIpc) is 1.83. The fourth-order valence-electron chi connectivity index (χ4n) is 1.62. The van der Waals surface area contributed by atoms with Crippen LogP contribution in [0, 0.1) is 0 Å². The molecular formula is C7H16N2O2S. The second-order valence-electron chi connectivity index (χ2n) is 3.48. The predicted octanol–water partition coefficient (Wildman–Crippen LogP) is -0.418. The summed E-state index contributed by atoms with van der Waals surface area (Å²) in [6.07, 6.45) is 1.27. The minimum Gasteiger partial charge on any atom is -0.303 e. The van der Waals surface area contributed by atoms with Crippen molar-refractivity contribution in [2.45, 2.75) is 13.0 Å². The first-order valence-electron chi connectivity index (χ1n) is 4.06. The topological polar surface area (TPSA) is 40.6 Å². The van der Waals surface area contributed by atoms with Gasteiger partial charge in [-0.15, -0.1) is 0 Å². The van der Waals surface area contributed by atoms with Crippen molar-refractivity contribution < 1.29 is 8.42 Å². The van der Waals surface area contributed by atoms with Gasteiger partial charge in [0.15, 0.2) is 0 Å². The van der Waals surface area contributed by atoms with E-state index in [1.54, 1.807) is 4.31 Å². The molecule has 1 aliphatic heterocycles. The number of hydrogen-bond donors (Lipinski definition) is 0. The zero-order valence-electron chi connectivity index (χ0n) is 7.82. The number of rotatable bonds is 1. The standard InChI is InChI=1S/C7H16N2O2S/c1-7-6-8(2)4-5-9(7)12(3,10)11/h7H,4-6H2,1-3H3. The highest BCUT2D eigenvalue weighted by atomic mass is 32.2. The Labute approximate surface area is 74.2 Å². The SMILES string of the molecule is CC1CN(C)CCN1S(C)(=O)=O. The maximum Gasteiger partial charge on any atom is 0.211 e. The van der Waals surface area contributed by atoms with Crippen LogP contribution in [0.2, 0.25) is 0 Å². The van der Waals surface area contributed by atoms with Gasteiger partial charge in [0.25, 0.3) is 0 Å². The molecule has 1 atom stereocenters. The molecule has 0 aromatic heterocycles. The molecule has 4 nitrogen and oxygen atoms in total. The molecule has 0 aliphatic carbocycles. The van der Waals surface area contributed by atoms with Crippen molar-refractivity contribution in [2.24, 2.45) is 0 Å². The van der Waals surface area contributed by atoms with Crippen LogP contribution >= 0.6 is 0 Å². The van der Waals surface area contributed by atoms with Gasteiger partial charge in [0.05, 0.1) is 6.26 Å². The van der Waals surface area contributed by atoms with Gasteiger partial charge in [-0.05, 0) is 14.0 Å². The van der Waals surface area contributed by atoms with Gasteiger partial charge in [-0.1, -0.05) is 0 Å². The van der Waals surface area contributed by atoms with Crippen LogP contribution in [0.5, 0.6) is 0 Å². The maximum absolute atomic E-state index is 11.2. The largest absolute Gasteiger partial charge is 0.303 e. The Morgan fingerprint density at radius 2 is 1.92 bits per heavy atom. The molecule has 12 heavy (non-hydrogen) atoms. The summed E-state index contributed by atoms with van der Waals surface area (Å²) in [7, 11) is -0.982. The lowest BCUT2D eigenvalue weighted by molar-refractivity contribution is 0.171. The van der Waals surface area contributed by atoms with Gasteiger partial charge in [-0.2, -0.15) is 4.31 Å². The molecule has 0 aromatic carbocycles. The average molecular weight is 192 g/mol. The molecule has 1 heterocycles. The molecule has 72 valence electrons. The Morgan fingerprint density at radius 3 is 2.33 bits per heavy atom. The van der Waals surface area contributed by atoms with E-state index < -0.39 is 10.0 Å². The molecule has 0 aromatic rings. The minimum absolute atomic E-state index is 0.110. The molecule has 0 amide bonds. The highest BCUT2D eigenvalue weighted by Crippen LogP contribution is 2.11. The monoisotopic (exact) mass is 192 g/mol. The van der Waals surface area contributed by atoms with Crippen molar-refractivity contribution in [3.63, 3.8) is 0 Å². The van der Waals surface area contributed by atoms with Crippen LogP contribution in [0.1, 0.15) is 6.92 Å². The van der Waals surface area contributed by atoms with Crippen molar-refractivity contribution in [1.82, 2.24) is 9.21 Å². The molecule has 0 bridgehead atoms. The number of sulfonamides is 1. The van der Waals surface area contributed by atoms with Crippen LogP contribution in [0.25, 0.3) is 0 Å². The molecule has 1 rings (SSSR count). The van der Waals surface area contributed by atoms with Gasteiger partial charge in [0.2, 0.25) is 10.0 Å². The first kappa shape index (κ1) is 9.95. The third-order valence-electron chi connectivity index (χ3n) is 2.20. The van der Waals surface area contributed by atoms with E-state index in [4.69, 9.17) is 0 Å². The molecule has 1 unspecified atom stereocenters. The van der Waals surface area contributed by atoms with Crippen LogP contribution in [-0.4, -0.2) is 56.6 Å². The number of nitrogens with zero attached hydrogens (tertiary/aromatic N) is 2. The minimum atomic E-state index is -2.99. The zero-order chi connectivity index (χ0) is 9.35. The quantitative estimate of drug-likeness (QED) is 0.566. The van der Waals surface area contributed by atoms with Crippen molar-refractivity contribution in [3.8, 4) is 0 Å². The highest BCUT2D eigenvalue weighted by molar-refractivity contribution is 7.88. The fourth-order valence-corrected chi connectivity index (χ4v) is 2.75. The van der Waals surface area contributed by atoms with Gasteiger partial charge in [0, 0.05) is 25.7 Å². The molecule has 5 heteroatoms. The lowest BCUT2D eigenvalue weighted by Crippen LogP contribution is -2.52. The zero-order valence-corrected chi connectivity index (χ0v) is 8.63. The van der Waals surface area contributed by atoms with E-state index in [0.717, 1.165) is 13.1 Å². The summed E-state index contributed by atoms with van der Waals surface area (Å²) >= 11 is 0. The van der Waals surface area contributed by atoms with E-state index in [1.165, 1.54) is 6.26 Å². The molecule has 0 spiro atoms. The summed E-state index contributed by atoms with van der Waals surface area (Å²) in [4.78, 5) is 2.15. The van der Waals surface area contributed by atoms with Gasteiger partial charge in [0.1, 0.15) is 0 Å². The van der Waals surface area contributed by atoms with Gasteiger partial charge in [-0.3, -0.25) is 0 Å². The summed E-state index contributed by atoms with van der Waals surface area (Å²) in [6.45, 7) is 4.22. The van der Waals surface area contributed by atoms with E-state index in [9.17, 15) is 8.42 Å². The molecule has 0 saturated carbocycles. The molecule has 1 aliphatic rings. The normalized spacial score (nSPS) is 29.1. The van der Waals surface area contributed by atoms with Crippen molar-refractivity contribution in [1.29, 1.82) is 0 Å². The van der Waals surface area contributed by atoms with Crippen LogP contribution in [-0.2, 0) is 10.0 Å². The van der Waals surface area contributed by atoms with Crippen molar-refractivity contribution >= 4 is 10.0 Å². The van der Waals surface area contributed by atoms with Crippen molar-refractivity contribution in [2.75, 3.05) is 32.9 Å². The Bertz CT molecular complexity index is 250. The maximum atomic E-state index is 11.2. The van der Waals surface area contributed by atoms with Crippen LogP contribution in [0.3, 0.4) is 0 Å². The summed E-state index contributed by atoms with van der Waals surface area (Å²) in [5, 5.41) is 0. The predicted molar refractivity (Wildman–Crippen MR) is 48.5 cm³/mol. The Hall–Kier alpha value is -0.130. The van der Waals surface area contributed by atoms with Crippen LogP contribution < -0.4 is 0 Å². The van der Waals surface area contributed by atoms with Crippen LogP contribution in [0.4, 0.5) is 0 Å². The number of hydrogen-bond acceptors (Lipinski definition) is 3. The second kappa shape index (κ2) is 3.32. The lowest BCUT2D eigenvalue weighted by Gasteiger charge is -2.36. The molecular weight excluding hydrogens is 176 g/mol. The van der Waals surface area contributed by atoms with Gasteiger partial charge < -0.3 is 4.90 Å². The van der Waals surface area contributed by atoms with E-state index in [-0.39, 0.29) is 6.04 Å². The first-order valence-corrected chi connectivity index (χ1v) is 5.91. The summed E-state index contributed by atoms with van der Waals surface area (Å²) < 4.78 is 24.0. The van der Waals surface area contributed by atoms with Gasteiger partial charge in [-0.25, -0.2) is 8.42 Å². The summed E-state index contributed by atoms with van der Waals surface area (Å²) in [5.74, 6) is 0. The smallest absolute Gasteiger partial charge is 0.211 e. The van der Waals surface area contributed by atoms with E-state index >= 15 is 0 Å². The highest BCUT2D eigenvalue weighted by Gasteiger charge is 2.27. The number of likely N-dealkylation sites (N-methyl/N-ethyl adjacent to an activating group) is 1. The summed E-state index contributed by atoms with van der Waals surface area (Å²) in [5.41, 5.74) is 0. The third kappa shape index (κ3) is 2.18. The van der Waals surface area contributed by atoms with E-state index in [2.05, 4.69) is 4.90 Å². The fraction of sp³-hybridized carbons (Fsp3) is 1.00. The first-order chi connectivity index (χ1) is 5.41. The number of piperazine rings is 1. The Kier molecular flexibility index (Phi) is 2.75. The lowest BCUT2D eigenvalue weighted by atomic mass is 10.2. The summed E-state index contributed by atoms with van der Waals surface area (Å²) in [6, 6.07) is 0.110. The van der Waals surface area contributed by atoms with Gasteiger partial charge >= 0.3 is 0 Å². The molecule has 0 N–H and O–H groups in total. The molecule has 0 radical (unpaired) electrons. The Balaban J connectivity index is 2.69. The van der Waals surface area contributed by atoms with E-state index in [1.807, 2.05) is 14.0 Å². The second-order valence-corrected chi connectivity index (χ2v) is 5.42. The van der Waals surface area contributed by atoms with E-state index in [0.29, 0.717) is 6.54 Å². The van der Waals surface area contributed by atoms with Crippen molar-refractivity contribution in [3.05, 3.63) is 0 Å². The Morgan fingerprint density at radius 1 is 1.33 bits per heavy atom. The molecule has 1 fully saturated rings. The molecule has 1 saturated heterocycles.